The van der Waals surface area contributed by atoms with Gasteiger partial charge in [-0.3, -0.25) is 4.79 Å². The molecule has 0 spiro atoms. The van der Waals surface area contributed by atoms with Gasteiger partial charge in [0.15, 0.2) is 5.60 Å². The number of carboxylic acid groups (broad SMARTS) is 1. The zero-order valence-electron chi connectivity index (χ0n) is 24.1. The minimum Gasteiger partial charge on any atom is -0.548 e. The summed E-state index contributed by atoms with van der Waals surface area (Å²) in [7, 11) is 0. The van der Waals surface area contributed by atoms with E-state index in [1.807, 2.05) is 78.9 Å². The normalized spacial score (nSPS) is 13.8. The molecule has 44 heavy (non-hydrogen) atoms. The maximum Gasteiger partial charge on any atom is 1.00 e. The van der Waals surface area contributed by atoms with Gasteiger partial charge in [0.1, 0.15) is 5.75 Å². The molecule has 1 amide bonds. The van der Waals surface area contributed by atoms with Crippen LogP contribution < -0.4 is 44.7 Å². The molecule has 6 aromatic rings. The Morgan fingerprint density at radius 1 is 0.818 bits per heavy atom. The first-order valence-electron chi connectivity index (χ1n) is 14.1. The van der Waals surface area contributed by atoms with Crippen molar-refractivity contribution in [1.29, 1.82) is 0 Å². The fourth-order valence-corrected chi connectivity index (χ4v) is 5.95. The molecule has 1 aromatic heterocycles. The second-order valence-corrected chi connectivity index (χ2v) is 10.7. The number of ether oxygens (including phenoxy) is 1. The molecule has 5 aromatic carbocycles. The molecule has 0 fully saturated rings. The Balaban J connectivity index is 0.00000343. The number of hydrogen-bond acceptors (Lipinski definition) is 4. The van der Waals surface area contributed by atoms with Gasteiger partial charge in [0.05, 0.1) is 12.0 Å². The molecule has 0 saturated heterocycles. The maximum absolute atomic E-state index is 13.2. The zero-order chi connectivity index (χ0) is 29.4. The molecule has 0 radical (unpaired) electrons. The number of carbonyl (C=O) groups excluding carboxylic acids is 2. The molecule has 0 aliphatic carbocycles. The van der Waals surface area contributed by atoms with Gasteiger partial charge in [-0.05, 0) is 52.8 Å². The monoisotopic (exact) mass is 586 g/mol. The Morgan fingerprint density at radius 3 is 2.20 bits per heavy atom. The van der Waals surface area contributed by atoms with E-state index in [0.717, 1.165) is 49.7 Å². The Morgan fingerprint density at radius 2 is 1.50 bits per heavy atom. The van der Waals surface area contributed by atoms with Crippen LogP contribution in [0.5, 0.6) is 5.75 Å². The number of aromatic nitrogens is 1. The summed E-state index contributed by atoms with van der Waals surface area (Å²) in [5, 5.41) is 17.3. The largest absolute Gasteiger partial charge is 1.00 e. The molecule has 0 unspecified atom stereocenters. The standard InChI is InChI=1S/C37H28N2O4.Na/c40-35(39-33(36(41)42)22-26-23-38-32-14-8-7-13-30(26)32)25-15-17-29-24(21-25)16-18-34-31(29)19-20-37(43-34,27-9-3-1-4-10-27)28-11-5-2-6-12-28;/h1-21,23,33,38H,22H2,(H,39,40)(H,41,42);/q;+1/p-1/t33-;/m0./s1. The molecule has 210 valence electrons. The number of H-pyrrole nitrogens is 1. The van der Waals surface area contributed by atoms with Gasteiger partial charge in [-0.1, -0.05) is 91.0 Å². The van der Waals surface area contributed by atoms with Crippen LogP contribution >= 0.6 is 0 Å². The van der Waals surface area contributed by atoms with E-state index in [0.29, 0.717) is 5.56 Å². The van der Waals surface area contributed by atoms with E-state index < -0.39 is 23.5 Å². The average Bonchev–Trinajstić information content (AvgIpc) is 3.47. The SMILES string of the molecule is O=C(N[C@@H](Cc1c[nH]c2ccccc12)C(=O)[O-])c1ccc2c3c(ccc2c1)OC(c1ccccc1)(c1ccccc1)C=C3.[Na+]. The number of aliphatic carboxylic acids is 1. The summed E-state index contributed by atoms with van der Waals surface area (Å²) in [5.41, 5.74) is 4.23. The third-order valence-corrected chi connectivity index (χ3v) is 8.13. The van der Waals surface area contributed by atoms with Crippen LogP contribution in [0.3, 0.4) is 0 Å². The van der Waals surface area contributed by atoms with Crippen LogP contribution in [0, 0.1) is 0 Å². The van der Waals surface area contributed by atoms with Gasteiger partial charge >= 0.3 is 29.6 Å². The number of carbonyl (C=O) groups is 2. The van der Waals surface area contributed by atoms with Crippen molar-refractivity contribution in [2.75, 3.05) is 0 Å². The molecule has 1 aliphatic rings. The van der Waals surface area contributed by atoms with Crippen molar-refractivity contribution in [1.82, 2.24) is 10.3 Å². The van der Waals surface area contributed by atoms with E-state index >= 15 is 0 Å². The van der Waals surface area contributed by atoms with Crippen molar-refractivity contribution in [2.45, 2.75) is 18.1 Å². The second-order valence-electron chi connectivity index (χ2n) is 10.7. The van der Waals surface area contributed by atoms with Crippen LogP contribution in [-0.2, 0) is 16.8 Å². The zero-order valence-corrected chi connectivity index (χ0v) is 26.1. The van der Waals surface area contributed by atoms with E-state index in [1.54, 1.807) is 18.3 Å². The number of nitrogens with one attached hydrogen (secondary N) is 2. The Labute approximate surface area is 276 Å². The van der Waals surface area contributed by atoms with Crippen molar-refractivity contribution in [3.8, 4) is 5.75 Å². The van der Waals surface area contributed by atoms with Crippen molar-refractivity contribution in [3.63, 3.8) is 0 Å². The van der Waals surface area contributed by atoms with Crippen molar-refractivity contribution in [2.24, 2.45) is 0 Å². The third kappa shape index (κ3) is 5.33. The molecule has 2 heterocycles. The summed E-state index contributed by atoms with van der Waals surface area (Å²) in [4.78, 5) is 28.4. The molecule has 1 aliphatic heterocycles. The molecule has 7 heteroatoms. The number of hydrogen-bond donors (Lipinski definition) is 2. The van der Waals surface area contributed by atoms with Crippen LogP contribution in [-0.4, -0.2) is 22.9 Å². The minimum absolute atomic E-state index is 0. The second kappa shape index (κ2) is 12.2. The summed E-state index contributed by atoms with van der Waals surface area (Å²) in [6.45, 7) is 0. The van der Waals surface area contributed by atoms with E-state index in [4.69, 9.17) is 4.74 Å². The molecule has 1 atom stereocenters. The first kappa shape index (κ1) is 29.5. The Bertz CT molecular complexity index is 1980. The topological polar surface area (TPSA) is 94.2 Å². The predicted octanol–water partition coefficient (Wildman–Crippen LogP) is 2.77. The summed E-state index contributed by atoms with van der Waals surface area (Å²) in [5.74, 6) is -1.08. The van der Waals surface area contributed by atoms with Gasteiger partial charge in [-0.15, -0.1) is 0 Å². The summed E-state index contributed by atoms with van der Waals surface area (Å²) < 4.78 is 6.80. The van der Waals surface area contributed by atoms with Crippen LogP contribution in [0.4, 0.5) is 0 Å². The fourth-order valence-electron chi connectivity index (χ4n) is 5.95. The predicted molar refractivity (Wildman–Crippen MR) is 166 cm³/mol. The van der Waals surface area contributed by atoms with Crippen LogP contribution in [0.25, 0.3) is 27.8 Å². The number of rotatable bonds is 7. The van der Waals surface area contributed by atoms with Gasteiger partial charge < -0.3 is 24.9 Å². The van der Waals surface area contributed by atoms with Crippen LogP contribution in [0.15, 0.2) is 128 Å². The summed E-state index contributed by atoms with van der Waals surface area (Å²) in [6, 6.07) is 35.9. The third-order valence-electron chi connectivity index (χ3n) is 8.13. The van der Waals surface area contributed by atoms with Gasteiger partial charge in [0, 0.05) is 45.8 Å². The fraction of sp³-hybridized carbons (Fsp3) is 0.0811. The van der Waals surface area contributed by atoms with Crippen LogP contribution in [0.2, 0.25) is 0 Å². The van der Waals surface area contributed by atoms with Crippen molar-refractivity contribution in [3.05, 3.63) is 155 Å². The molecular formula is C37H27N2NaO4. The summed E-state index contributed by atoms with van der Waals surface area (Å²) in [6.07, 6.45) is 6.03. The molecule has 0 saturated carbocycles. The number of carboxylic acids is 1. The van der Waals surface area contributed by atoms with E-state index in [-0.39, 0.29) is 36.0 Å². The van der Waals surface area contributed by atoms with Gasteiger partial charge in [0.2, 0.25) is 0 Å². The van der Waals surface area contributed by atoms with Gasteiger partial charge in [-0.2, -0.15) is 0 Å². The molecule has 6 nitrogen and oxygen atoms in total. The van der Waals surface area contributed by atoms with Gasteiger partial charge in [-0.25, -0.2) is 0 Å². The molecule has 2 N–H and O–H groups in total. The number of amides is 1. The maximum atomic E-state index is 13.2. The quantitative estimate of drug-likeness (QED) is 0.282. The summed E-state index contributed by atoms with van der Waals surface area (Å²) >= 11 is 0. The molecule has 7 rings (SSSR count). The molecular weight excluding hydrogens is 559 g/mol. The smallest absolute Gasteiger partial charge is 0.548 e. The number of benzene rings is 5. The van der Waals surface area contributed by atoms with E-state index in [2.05, 4.69) is 46.7 Å². The first-order chi connectivity index (χ1) is 21.0. The van der Waals surface area contributed by atoms with E-state index in [1.165, 1.54) is 0 Å². The first-order valence-corrected chi connectivity index (χ1v) is 14.1. The molecule has 0 bridgehead atoms. The number of fused-ring (bicyclic) bond motifs is 4. The minimum atomic E-state index is -1.34. The average molecular weight is 587 g/mol. The number of para-hydroxylation sites is 1. The Hall–Kier alpha value is -4.62. The number of aromatic amines is 1. The van der Waals surface area contributed by atoms with Crippen molar-refractivity contribution < 1.29 is 49.0 Å². The Kier molecular flexibility index (Phi) is 8.15. The van der Waals surface area contributed by atoms with Crippen LogP contribution in [0.1, 0.15) is 32.6 Å². The van der Waals surface area contributed by atoms with Crippen molar-refractivity contribution >= 4 is 39.6 Å². The van der Waals surface area contributed by atoms with Gasteiger partial charge in [0.25, 0.3) is 5.91 Å². The van der Waals surface area contributed by atoms with E-state index in [9.17, 15) is 14.7 Å².